The number of ether oxygens (including phenoxy) is 1. The summed E-state index contributed by atoms with van der Waals surface area (Å²) < 4.78 is 49.4. The fourth-order valence-corrected chi connectivity index (χ4v) is 10.9. The number of alkyl halides is 2. The number of aliphatic hydroxyl groups is 1. The van der Waals surface area contributed by atoms with E-state index in [1.165, 1.54) is 6.20 Å². The molecule has 0 aliphatic carbocycles. The molecule has 276 valence electrons. The Balaban J connectivity index is 1.22. The van der Waals surface area contributed by atoms with E-state index in [0.29, 0.717) is 28.3 Å². The molecule has 0 aliphatic heterocycles. The SMILES string of the molecule is Cc1ccc(-c2noc(CC(O[Si](c3ccccc3)(c3ccccc3)C(C)(C)C)C(F)F)n2)cc1NC(=O)c1cnc2cc(OCC(C)(C)O)ccn12. The minimum absolute atomic E-state index is 0.00558. The third kappa shape index (κ3) is 8.22. The van der Waals surface area contributed by atoms with Gasteiger partial charge in [-0.2, -0.15) is 4.98 Å². The fourth-order valence-electron chi connectivity index (χ4n) is 6.29. The molecule has 3 aromatic heterocycles. The number of fused-ring (bicyclic) bond motifs is 1. The number of aromatic nitrogens is 4. The molecule has 0 saturated carbocycles. The number of hydrogen-bond donors (Lipinski definition) is 2. The van der Waals surface area contributed by atoms with E-state index in [4.69, 9.17) is 13.7 Å². The number of carbonyl (C=O) groups is 1. The number of nitrogens with zero attached hydrogens (tertiary/aromatic N) is 4. The number of hydrogen-bond acceptors (Lipinski definition) is 8. The van der Waals surface area contributed by atoms with Crippen LogP contribution in [0.25, 0.3) is 17.0 Å². The van der Waals surface area contributed by atoms with Gasteiger partial charge in [0.25, 0.3) is 20.7 Å². The highest BCUT2D eigenvalue weighted by Crippen LogP contribution is 2.38. The summed E-state index contributed by atoms with van der Waals surface area (Å²) >= 11 is 0. The lowest BCUT2D eigenvalue weighted by Gasteiger charge is -2.44. The number of benzene rings is 3. The molecule has 13 heteroatoms. The van der Waals surface area contributed by atoms with Gasteiger partial charge in [0.1, 0.15) is 29.8 Å². The first-order valence-corrected chi connectivity index (χ1v) is 19.2. The van der Waals surface area contributed by atoms with Crippen LogP contribution >= 0.6 is 0 Å². The Hall–Kier alpha value is -5.24. The molecule has 3 heterocycles. The molecule has 6 aromatic rings. The molecule has 0 spiro atoms. The van der Waals surface area contributed by atoms with Crippen LogP contribution in [0.3, 0.4) is 0 Å². The maximum atomic E-state index is 14.9. The van der Waals surface area contributed by atoms with Crippen LogP contribution in [0, 0.1) is 6.92 Å². The average molecular weight is 740 g/mol. The van der Waals surface area contributed by atoms with E-state index in [-0.39, 0.29) is 24.7 Å². The van der Waals surface area contributed by atoms with Crippen LogP contribution < -0.4 is 20.4 Å². The minimum atomic E-state index is -3.30. The second-order valence-electron chi connectivity index (χ2n) is 14.7. The molecule has 0 fully saturated rings. The Morgan fingerprint density at radius 2 is 1.62 bits per heavy atom. The quantitative estimate of drug-likeness (QED) is 0.123. The number of imidazole rings is 1. The Bertz CT molecular complexity index is 2140. The Labute approximate surface area is 307 Å². The largest absolute Gasteiger partial charge is 0.490 e. The summed E-state index contributed by atoms with van der Waals surface area (Å²) in [6, 6.07) is 27.9. The van der Waals surface area contributed by atoms with Crippen molar-refractivity contribution in [2.24, 2.45) is 0 Å². The summed E-state index contributed by atoms with van der Waals surface area (Å²) in [5, 5.41) is 18.3. The lowest BCUT2D eigenvalue weighted by atomic mass is 10.1. The lowest BCUT2D eigenvalue weighted by molar-refractivity contribution is 0.00243. The molecule has 0 saturated heterocycles. The number of anilines is 1. The number of halogens is 2. The zero-order valence-corrected chi connectivity index (χ0v) is 31.5. The summed E-state index contributed by atoms with van der Waals surface area (Å²) in [6.45, 7) is 11.3. The molecular formula is C40H43F2N5O5Si. The molecule has 2 N–H and O–H groups in total. The van der Waals surface area contributed by atoms with Crippen LogP contribution in [-0.2, 0) is 10.8 Å². The van der Waals surface area contributed by atoms with Crippen LogP contribution in [0.5, 0.6) is 5.75 Å². The minimum Gasteiger partial charge on any atom is -0.490 e. The summed E-state index contributed by atoms with van der Waals surface area (Å²) in [4.78, 5) is 22.3. The van der Waals surface area contributed by atoms with E-state index in [9.17, 15) is 18.7 Å². The summed E-state index contributed by atoms with van der Waals surface area (Å²) in [5.41, 5.74) is 1.58. The monoisotopic (exact) mass is 739 g/mol. The Morgan fingerprint density at radius 3 is 2.23 bits per heavy atom. The predicted octanol–water partition coefficient (Wildman–Crippen LogP) is 6.85. The van der Waals surface area contributed by atoms with E-state index in [1.54, 1.807) is 54.8 Å². The molecule has 0 aliphatic rings. The van der Waals surface area contributed by atoms with Crippen molar-refractivity contribution in [2.75, 3.05) is 11.9 Å². The van der Waals surface area contributed by atoms with Crippen molar-refractivity contribution in [3.63, 3.8) is 0 Å². The maximum absolute atomic E-state index is 14.9. The second-order valence-corrected chi connectivity index (χ2v) is 18.9. The smallest absolute Gasteiger partial charge is 0.274 e. The van der Waals surface area contributed by atoms with Crippen LogP contribution in [0.4, 0.5) is 14.5 Å². The highest BCUT2D eigenvalue weighted by Gasteiger charge is 2.52. The summed E-state index contributed by atoms with van der Waals surface area (Å²) in [6.07, 6.45) is -1.53. The van der Waals surface area contributed by atoms with Gasteiger partial charge in [-0.15, -0.1) is 0 Å². The Morgan fingerprint density at radius 1 is 0.962 bits per heavy atom. The molecule has 1 unspecified atom stereocenters. The predicted molar refractivity (Wildman–Crippen MR) is 202 cm³/mol. The molecule has 1 atom stereocenters. The zero-order chi connectivity index (χ0) is 38.0. The fraction of sp³-hybridized carbons (Fsp3) is 0.300. The molecule has 53 heavy (non-hydrogen) atoms. The first-order chi connectivity index (χ1) is 25.1. The van der Waals surface area contributed by atoms with Gasteiger partial charge in [-0.05, 0) is 53.9 Å². The van der Waals surface area contributed by atoms with Crippen LogP contribution in [0.1, 0.15) is 56.6 Å². The van der Waals surface area contributed by atoms with E-state index in [0.717, 1.165) is 15.9 Å². The average Bonchev–Trinajstić information content (AvgIpc) is 3.77. The van der Waals surface area contributed by atoms with Crippen molar-refractivity contribution in [1.82, 2.24) is 19.5 Å². The standard InChI is InChI=1S/C40H43F2N5O5Si/c1-26-17-18-27(21-31(26)44-38(48)32-24-43-34-22-28(19-20-47(32)34)50-25-40(5,6)49)37-45-35(51-46-37)23-33(36(41)42)52-53(39(2,3)4,29-13-9-7-10-14-29)30-15-11-8-12-16-30/h7-22,24,33,36,49H,23,25H2,1-6H3,(H,44,48). The number of amides is 1. The normalized spacial score (nSPS) is 13.0. The lowest BCUT2D eigenvalue weighted by Crippen LogP contribution is -2.68. The highest BCUT2D eigenvalue weighted by molar-refractivity contribution is 6.99. The third-order valence-electron chi connectivity index (χ3n) is 8.92. The number of aryl methyl sites for hydroxylation is 1. The first-order valence-electron chi connectivity index (χ1n) is 17.3. The topological polar surface area (TPSA) is 124 Å². The first kappa shape index (κ1) is 37.5. The van der Waals surface area contributed by atoms with Gasteiger partial charge in [0.2, 0.25) is 11.7 Å². The van der Waals surface area contributed by atoms with Crippen molar-refractivity contribution >= 4 is 35.9 Å². The van der Waals surface area contributed by atoms with E-state index >= 15 is 0 Å². The van der Waals surface area contributed by atoms with E-state index in [2.05, 4.69) is 20.4 Å². The number of carbonyl (C=O) groups excluding carboxylic acids is 1. The van der Waals surface area contributed by atoms with Gasteiger partial charge in [-0.25, -0.2) is 13.8 Å². The molecule has 0 bridgehead atoms. The van der Waals surface area contributed by atoms with Crippen molar-refractivity contribution < 1.29 is 32.4 Å². The molecule has 10 nitrogen and oxygen atoms in total. The van der Waals surface area contributed by atoms with Gasteiger partial charge in [0.15, 0.2) is 0 Å². The van der Waals surface area contributed by atoms with Gasteiger partial charge < -0.3 is 24.1 Å². The van der Waals surface area contributed by atoms with Gasteiger partial charge in [-0.3, -0.25) is 9.20 Å². The van der Waals surface area contributed by atoms with Gasteiger partial charge in [0, 0.05) is 23.5 Å². The van der Waals surface area contributed by atoms with Crippen molar-refractivity contribution in [2.45, 2.75) is 71.1 Å². The van der Waals surface area contributed by atoms with Gasteiger partial charge >= 0.3 is 0 Å². The van der Waals surface area contributed by atoms with E-state index < -0.39 is 37.4 Å². The zero-order valence-electron chi connectivity index (χ0n) is 30.5. The van der Waals surface area contributed by atoms with Gasteiger partial charge in [-0.1, -0.05) is 98.7 Å². The van der Waals surface area contributed by atoms with Gasteiger partial charge in [0.05, 0.1) is 18.2 Å². The molecule has 6 rings (SSSR count). The van der Waals surface area contributed by atoms with Crippen LogP contribution in [0.2, 0.25) is 5.04 Å². The number of rotatable bonds is 13. The Kier molecular flexibility index (Phi) is 10.6. The van der Waals surface area contributed by atoms with Crippen LogP contribution in [0.15, 0.2) is 108 Å². The maximum Gasteiger partial charge on any atom is 0.274 e. The third-order valence-corrected chi connectivity index (χ3v) is 14.0. The molecule has 3 aromatic carbocycles. The van der Waals surface area contributed by atoms with Crippen molar-refractivity contribution in [3.8, 4) is 17.1 Å². The number of nitrogens with one attached hydrogen (secondary N) is 1. The highest BCUT2D eigenvalue weighted by atomic mass is 28.4. The van der Waals surface area contributed by atoms with Crippen molar-refractivity contribution in [1.29, 1.82) is 0 Å². The molecular weight excluding hydrogens is 697 g/mol. The molecule has 1 amide bonds. The summed E-state index contributed by atoms with van der Waals surface area (Å²) in [7, 11) is -3.30. The number of pyridine rings is 1. The molecule has 0 radical (unpaired) electrons. The second kappa shape index (κ2) is 15.0. The van der Waals surface area contributed by atoms with Crippen LogP contribution in [-0.4, -0.2) is 63.6 Å². The van der Waals surface area contributed by atoms with E-state index in [1.807, 2.05) is 88.4 Å². The summed E-state index contributed by atoms with van der Waals surface area (Å²) in [5.74, 6) is 0.292. The van der Waals surface area contributed by atoms with Crippen molar-refractivity contribution in [3.05, 3.63) is 121 Å².